The Hall–Kier alpha value is -2.01. The average Bonchev–Trinajstić information content (AvgIpc) is 2.89. The summed E-state index contributed by atoms with van der Waals surface area (Å²) in [4.78, 5) is 15.7. The first kappa shape index (κ1) is 20.3. The topological polar surface area (TPSA) is 54.0 Å². The van der Waals surface area contributed by atoms with E-state index in [-0.39, 0.29) is 10.7 Å². The van der Waals surface area contributed by atoms with E-state index in [4.69, 9.17) is 11.6 Å². The molecule has 0 aliphatic heterocycles. The number of hydrogen-bond acceptors (Lipinski definition) is 4. The molecule has 2 aromatic rings. The number of hydrogen-bond donors (Lipinski definition) is 2. The summed E-state index contributed by atoms with van der Waals surface area (Å²) >= 11 is 6.22. The van der Waals surface area contributed by atoms with Crippen molar-refractivity contribution in [2.45, 2.75) is 24.9 Å². The third-order valence-corrected chi connectivity index (χ3v) is 4.39. The minimum atomic E-state index is -5.93. The molecule has 1 amide bonds. The molecule has 0 unspecified atom stereocenters. The van der Waals surface area contributed by atoms with Gasteiger partial charge in [0.05, 0.1) is 16.3 Å². The van der Waals surface area contributed by atoms with E-state index in [1.165, 1.54) is 29.8 Å². The largest absolute Gasteiger partial charge is 0.439 e. The predicted octanol–water partition coefficient (Wildman–Crippen LogP) is 4.77. The fraction of sp³-hybridized carbons (Fsp3) is 0.286. The average molecular weight is 418 g/mol. The van der Waals surface area contributed by atoms with Gasteiger partial charge in [0.1, 0.15) is 0 Å². The number of halogens is 7. The van der Waals surface area contributed by atoms with Crippen molar-refractivity contribution in [3.8, 4) is 0 Å². The van der Waals surface area contributed by atoms with Gasteiger partial charge in [0, 0.05) is 5.38 Å². The molecule has 0 saturated carbocycles. The van der Waals surface area contributed by atoms with Crippen LogP contribution in [0.25, 0.3) is 0 Å². The highest BCUT2D eigenvalue weighted by Crippen LogP contribution is 2.44. The van der Waals surface area contributed by atoms with Crippen LogP contribution in [0.3, 0.4) is 0 Å². The van der Waals surface area contributed by atoms with Crippen LogP contribution in [0.5, 0.6) is 0 Å². The molecule has 2 N–H and O–H groups in total. The molecule has 12 heteroatoms. The van der Waals surface area contributed by atoms with E-state index in [1.54, 1.807) is 0 Å². The zero-order valence-electron chi connectivity index (χ0n) is 12.8. The van der Waals surface area contributed by atoms with Crippen LogP contribution in [0.15, 0.2) is 29.6 Å². The highest BCUT2D eigenvalue weighted by Gasteiger charge is 2.73. The van der Waals surface area contributed by atoms with Crippen LogP contribution in [0.1, 0.15) is 16.1 Å². The lowest BCUT2D eigenvalue weighted by molar-refractivity contribution is -0.294. The number of carbonyl (C=O) groups excluding carboxylic acids is 1. The van der Waals surface area contributed by atoms with Gasteiger partial charge in [0.2, 0.25) is 0 Å². The van der Waals surface area contributed by atoms with Crippen molar-refractivity contribution >= 4 is 34.0 Å². The van der Waals surface area contributed by atoms with Crippen molar-refractivity contribution in [3.05, 3.63) is 45.9 Å². The number of carbonyl (C=O) groups is 1. The van der Waals surface area contributed by atoms with Crippen molar-refractivity contribution < 1.29 is 31.1 Å². The van der Waals surface area contributed by atoms with Crippen LogP contribution in [0.4, 0.5) is 31.5 Å². The Kier molecular flexibility index (Phi) is 5.43. The van der Waals surface area contributed by atoms with Crippen LogP contribution in [-0.2, 0) is 0 Å². The fourth-order valence-electron chi connectivity index (χ4n) is 1.93. The molecular formula is C14H10ClF6N3OS. The molecule has 1 heterocycles. The monoisotopic (exact) mass is 417 g/mol. The van der Waals surface area contributed by atoms with E-state index in [1.807, 2.05) is 0 Å². The molecule has 2 rings (SSSR count). The van der Waals surface area contributed by atoms with E-state index < -0.39 is 34.6 Å². The Bertz CT molecular complexity index is 790. The third kappa shape index (κ3) is 3.88. The lowest BCUT2D eigenvalue weighted by atomic mass is 10.1. The maximum atomic E-state index is 13.5. The molecule has 0 atom stereocenters. The maximum absolute atomic E-state index is 13.5. The van der Waals surface area contributed by atoms with Gasteiger partial charge in [-0.05, 0) is 19.1 Å². The SMILES string of the molecule is Cc1csc(NC(NC(=O)c2ccccc2Cl)(C(F)(F)F)C(F)(F)F)n1. The van der Waals surface area contributed by atoms with Crippen LogP contribution in [0, 0.1) is 6.92 Å². The molecule has 0 spiro atoms. The van der Waals surface area contributed by atoms with Gasteiger partial charge in [0.15, 0.2) is 5.13 Å². The zero-order chi connectivity index (χ0) is 19.8. The number of anilines is 1. The molecule has 1 aromatic carbocycles. The van der Waals surface area contributed by atoms with Gasteiger partial charge >= 0.3 is 18.0 Å². The first-order valence-corrected chi connectivity index (χ1v) is 8.04. The number of thiazole rings is 1. The molecule has 0 radical (unpaired) electrons. The normalized spacial score (nSPS) is 12.8. The molecule has 4 nitrogen and oxygen atoms in total. The van der Waals surface area contributed by atoms with E-state index in [0.717, 1.165) is 17.4 Å². The number of rotatable bonds is 4. The highest BCUT2D eigenvalue weighted by molar-refractivity contribution is 7.13. The second-order valence-electron chi connectivity index (χ2n) is 5.10. The smallest absolute Gasteiger partial charge is 0.324 e. The number of aromatic nitrogens is 1. The van der Waals surface area contributed by atoms with Crippen molar-refractivity contribution in [2.75, 3.05) is 5.32 Å². The first-order chi connectivity index (χ1) is 11.9. The lowest BCUT2D eigenvalue weighted by Gasteiger charge is -2.38. The van der Waals surface area contributed by atoms with Crippen LogP contribution >= 0.6 is 22.9 Å². The molecular weight excluding hydrogens is 408 g/mol. The van der Waals surface area contributed by atoms with Crippen LogP contribution in [0.2, 0.25) is 5.02 Å². The Labute approximate surface area is 152 Å². The Balaban J connectivity index is 2.52. The van der Waals surface area contributed by atoms with Crippen molar-refractivity contribution in [1.29, 1.82) is 0 Å². The summed E-state index contributed by atoms with van der Waals surface area (Å²) in [6.45, 7) is 1.40. The Morgan fingerprint density at radius 3 is 2.15 bits per heavy atom. The maximum Gasteiger partial charge on any atom is 0.439 e. The molecule has 26 heavy (non-hydrogen) atoms. The quantitative estimate of drug-likeness (QED) is 0.556. The van der Waals surface area contributed by atoms with Crippen LogP contribution in [-0.4, -0.2) is 28.9 Å². The van der Waals surface area contributed by atoms with Crippen molar-refractivity contribution in [2.24, 2.45) is 0 Å². The summed E-state index contributed by atoms with van der Waals surface area (Å²) in [6, 6.07) is 4.79. The molecule has 0 saturated heterocycles. The van der Waals surface area contributed by atoms with Gasteiger partial charge in [-0.2, -0.15) is 26.3 Å². The summed E-state index contributed by atoms with van der Waals surface area (Å²) in [5, 5.41) is 2.61. The Morgan fingerprint density at radius 2 is 1.69 bits per heavy atom. The minimum absolute atomic E-state index is 0.216. The first-order valence-electron chi connectivity index (χ1n) is 6.78. The van der Waals surface area contributed by atoms with E-state index >= 15 is 0 Å². The number of benzene rings is 1. The minimum Gasteiger partial charge on any atom is -0.324 e. The molecule has 0 bridgehead atoms. The molecule has 142 valence electrons. The van der Waals surface area contributed by atoms with Crippen LogP contribution < -0.4 is 10.6 Å². The number of amides is 1. The van der Waals surface area contributed by atoms with Gasteiger partial charge in [-0.25, -0.2) is 4.98 Å². The Morgan fingerprint density at radius 1 is 1.12 bits per heavy atom. The van der Waals surface area contributed by atoms with Gasteiger partial charge < -0.3 is 10.6 Å². The number of aryl methyl sites for hydroxylation is 1. The fourth-order valence-corrected chi connectivity index (χ4v) is 2.90. The summed E-state index contributed by atoms with van der Waals surface area (Å²) in [5.74, 6) is -1.65. The lowest BCUT2D eigenvalue weighted by Crippen LogP contribution is -2.72. The van der Waals surface area contributed by atoms with Gasteiger partial charge in [-0.3, -0.25) is 4.79 Å². The number of nitrogens with zero attached hydrogens (tertiary/aromatic N) is 1. The highest BCUT2D eigenvalue weighted by atomic mass is 35.5. The second-order valence-corrected chi connectivity index (χ2v) is 6.36. The van der Waals surface area contributed by atoms with Gasteiger partial charge in [0.25, 0.3) is 5.91 Å². The summed E-state index contributed by atoms with van der Waals surface area (Å²) < 4.78 is 80.9. The van der Waals surface area contributed by atoms with Crippen molar-refractivity contribution in [1.82, 2.24) is 10.3 Å². The summed E-state index contributed by atoms with van der Waals surface area (Å²) in [6.07, 6.45) is -11.9. The van der Waals surface area contributed by atoms with E-state index in [2.05, 4.69) is 4.98 Å². The van der Waals surface area contributed by atoms with Gasteiger partial charge in [-0.15, -0.1) is 11.3 Å². The van der Waals surface area contributed by atoms with Crippen molar-refractivity contribution in [3.63, 3.8) is 0 Å². The summed E-state index contributed by atoms with van der Waals surface area (Å²) in [5.41, 5.74) is -5.07. The standard InChI is InChI=1S/C14H10ClF6N3OS/c1-7-6-26-11(22-7)24-12(13(16,17)18,14(19,20)21)23-10(25)8-4-2-3-5-9(8)15/h2-6H,1H3,(H,22,24)(H,23,25). The summed E-state index contributed by atoms with van der Waals surface area (Å²) in [7, 11) is 0. The number of nitrogens with one attached hydrogen (secondary N) is 2. The van der Waals surface area contributed by atoms with Gasteiger partial charge in [-0.1, -0.05) is 23.7 Å². The zero-order valence-corrected chi connectivity index (χ0v) is 14.4. The predicted molar refractivity (Wildman–Crippen MR) is 84.2 cm³/mol. The molecule has 1 aromatic heterocycles. The third-order valence-electron chi connectivity index (χ3n) is 3.18. The molecule has 0 fully saturated rings. The second kappa shape index (κ2) is 6.95. The van der Waals surface area contributed by atoms with E-state index in [9.17, 15) is 31.1 Å². The number of alkyl halides is 6. The molecule has 0 aliphatic rings. The van der Waals surface area contributed by atoms with E-state index in [0.29, 0.717) is 11.3 Å². The molecule has 0 aliphatic carbocycles.